The number of hydrogen-bond acceptors (Lipinski definition) is 3. The first kappa shape index (κ1) is 15.3. The molecule has 0 saturated carbocycles. The fraction of sp³-hybridized carbons (Fsp3) is 0.167. The molecule has 0 unspecified atom stereocenters. The Morgan fingerprint density at radius 3 is 2.68 bits per heavy atom. The van der Waals surface area contributed by atoms with Crippen molar-refractivity contribution >= 4 is 40.7 Å². The first-order chi connectivity index (χ1) is 8.86. The van der Waals surface area contributed by atoms with Gasteiger partial charge < -0.3 is 15.7 Å². The number of rotatable bonds is 4. The molecule has 0 aromatic heterocycles. The molecule has 0 aliphatic heterocycles. The fourth-order valence-corrected chi connectivity index (χ4v) is 1.69. The van der Waals surface area contributed by atoms with Gasteiger partial charge in [0.25, 0.3) is 0 Å². The Morgan fingerprint density at radius 1 is 1.47 bits per heavy atom. The molecule has 0 bridgehead atoms. The van der Waals surface area contributed by atoms with Gasteiger partial charge in [0.2, 0.25) is 11.8 Å². The first-order valence-corrected chi connectivity index (χ1v) is 6.00. The molecule has 0 aliphatic rings. The predicted octanol–water partition coefficient (Wildman–Crippen LogP) is 2.25. The molecule has 0 fully saturated rings. The Kier molecular flexibility index (Phi) is 5.20. The van der Waals surface area contributed by atoms with Crippen LogP contribution in [0.4, 0.5) is 5.69 Å². The standard InChI is InChI=1S/C12H12Cl2N2O3/c1-3-9(17)15-5-10(18)16-8-4-7(13)6(2)11(14)12(8)19/h3-4,19H,1,5H2,2H3,(H,15,17)(H,16,18). The molecule has 0 atom stereocenters. The van der Waals surface area contributed by atoms with E-state index in [0.717, 1.165) is 6.08 Å². The smallest absolute Gasteiger partial charge is 0.243 e. The van der Waals surface area contributed by atoms with Crippen LogP contribution in [0.2, 0.25) is 10.0 Å². The number of phenols is 1. The zero-order chi connectivity index (χ0) is 14.6. The summed E-state index contributed by atoms with van der Waals surface area (Å²) in [5, 5.41) is 14.8. The molecule has 1 aromatic carbocycles. The average molecular weight is 303 g/mol. The molecule has 0 aliphatic carbocycles. The van der Waals surface area contributed by atoms with Crippen molar-refractivity contribution in [1.29, 1.82) is 0 Å². The first-order valence-electron chi connectivity index (χ1n) is 5.24. The summed E-state index contributed by atoms with van der Waals surface area (Å²) in [6.07, 6.45) is 1.05. The molecule has 102 valence electrons. The number of halogens is 2. The summed E-state index contributed by atoms with van der Waals surface area (Å²) in [5.74, 6) is -1.27. The highest BCUT2D eigenvalue weighted by Gasteiger charge is 2.14. The second-order valence-corrected chi connectivity index (χ2v) is 4.45. The number of benzene rings is 1. The van der Waals surface area contributed by atoms with Gasteiger partial charge >= 0.3 is 0 Å². The highest BCUT2D eigenvalue weighted by Crippen LogP contribution is 2.38. The van der Waals surface area contributed by atoms with Crippen molar-refractivity contribution in [2.24, 2.45) is 0 Å². The largest absolute Gasteiger partial charge is 0.504 e. The van der Waals surface area contributed by atoms with Crippen LogP contribution >= 0.6 is 23.2 Å². The van der Waals surface area contributed by atoms with E-state index < -0.39 is 11.8 Å². The van der Waals surface area contributed by atoms with E-state index in [9.17, 15) is 14.7 Å². The van der Waals surface area contributed by atoms with Crippen LogP contribution < -0.4 is 10.6 Å². The van der Waals surface area contributed by atoms with Crippen molar-refractivity contribution in [2.45, 2.75) is 6.92 Å². The van der Waals surface area contributed by atoms with E-state index in [0.29, 0.717) is 10.6 Å². The van der Waals surface area contributed by atoms with E-state index >= 15 is 0 Å². The SMILES string of the molecule is C=CC(=O)NCC(=O)Nc1cc(Cl)c(C)c(Cl)c1O. The lowest BCUT2D eigenvalue weighted by Gasteiger charge is -2.11. The fourth-order valence-electron chi connectivity index (χ4n) is 1.23. The van der Waals surface area contributed by atoms with Crippen LogP contribution in [0.15, 0.2) is 18.7 Å². The van der Waals surface area contributed by atoms with Gasteiger partial charge in [-0.15, -0.1) is 0 Å². The number of phenolic OH excluding ortho intramolecular Hbond substituents is 1. The second kappa shape index (κ2) is 6.45. The maximum Gasteiger partial charge on any atom is 0.243 e. The summed E-state index contributed by atoms with van der Waals surface area (Å²) in [6, 6.07) is 1.38. The van der Waals surface area contributed by atoms with Crippen LogP contribution in [0.25, 0.3) is 0 Å². The van der Waals surface area contributed by atoms with Crippen LogP contribution in [0.5, 0.6) is 5.75 Å². The summed E-state index contributed by atoms with van der Waals surface area (Å²) in [4.78, 5) is 22.4. The van der Waals surface area contributed by atoms with Crippen molar-refractivity contribution in [3.63, 3.8) is 0 Å². The molecule has 19 heavy (non-hydrogen) atoms. The molecule has 0 saturated heterocycles. The number of aromatic hydroxyl groups is 1. The van der Waals surface area contributed by atoms with E-state index in [1.807, 2.05) is 0 Å². The van der Waals surface area contributed by atoms with Crippen LogP contribution in [-0.2, 0) is 9.59 Å². The molecular formula is C12H12Cl2N2O3. The van der Waals surface area contributed by atoms with Gasteiger partial charge in [0.1, 0.15) is 0 Å². The second-order valence-electron chi connectivity index (χ2n) is 3.66. The molecule has 5 nitrogen and oxygen atoms in total. The highest BCUT2D eigenvalue weighted by molar-refractivity contribution is 6.37. The van der Waals surface area contributed by atoms with E-state index in [1.165, 1.54) is 6.07 Å². The Labute approximate surface area is 120 Å². The maximum atomic E-state index is 11.5. The summed E-state index contributed by atoms with van der Waals surface area (Å²) in [7, 11) is 0. The zero-order valence-corrected chi connectivity index (χ0v) is 11.6. The Bertz CT molecular complexity index is 544. The summed E-state index contributed by atoms with van der Waals surface area (Å²) in [5.41, 5.74) is 0.595. The third kappa shape index (κ3) is 3.87. The van der Waals surface area contributed by atoms with Gasteiger partial charge in [-0.25, -0.2) is 0 Å². The van der Waals surface area contributed by atoms with Crippen molar-refractivity contribution < 1.29 is 14.7 Å². The number of carbonyl (C=O) groups is 2. The summed E-state index contributed by atoms with van der Waals surface area (Å²) in [6.45, 7) is 4.63. The quantitative estimate of drug-likeness (QED) is 0.589. The maximum absolute atomic E-state index is 11.5. The van der Waals surface area contributed by atoms with E-state index in [4.69, 9.17) is 23.2 Å². The van der Waals surface area contributed by atoms with Gasteiger partial charge in [0.05, 0.1) is 17.3 Å². The van der Waals surface area contributed by atoms with Gasteiger partial charge in [-0.1, -0.05) is 29.8 Å². The van der Waals surface area contributed by atoms with E-state index in [1.54, 1.807) is 6.92 Å². The summed E-state index contributed by atoms with van der Waals surface area (Å²) >= 11 is 11.7. The normalized spacial score (nSPS) is 9.84. The molecule has 2 amide bonds. The van der Waals surface area contributed by atoms with Gasteiger partial charge in [-0.05, 0) is 24.6 Å². The monoisotopic (exact) mass is 302 g/mol. The van der Waals surface area contributed by atoms with E-state index in [-0.39, 0.29) is 23.0 Å². The van der Waals surface area contributed by atoms with Crippen molar-refractivity contribution in [1.82, 2.24) is 5.32 Å². The van der Waals surface area contributed by atoms with Gasteiger partial charge in [-0.3, -0.25) is 9.59 Å². The molecule has 0 heterocycles. The predicted molar refractivity (Wildman–Crippen MR) is 74.7 cm³/mol. The average Bonchev–Trinajstić information content (AvgIpc) is 2.39. The molecule has 3 N–H and O–H groups in total. The van der Waals surface area contributed by atoms with Gasteiger partial charge in [0, 0.05) is 5.02 Å². The number of carbonyl (C=O) groups excluding carboxylic acids is 2. The van der Waals surface area contributed by atoms with Gasteiger partial charge in [0.15, 0.2) is 5.75 Å². The Balaban J connectivity index is 2.80. The van der Waals surface area contributed by atoms with Crippen LogP contribution in [-0.4, -0.2) is 23.5 Å². The van der Waals surface area contributed by atoms with Gasteiger partial charge in [-0.2, -0.15) is 0 Å². The van der Waals surface area contributed by atoms with Crippen LogP contribution in [0.3, 0.4) is 0 Å². The number of anilines is 1. The van der Waals surface area contributed by atoms with Crippen LogP contribution in [0.1, 0.15) is 5.56 Å². The molecule has 0 spiro atoms. The highest BCUT2D eigenvalue weighted by atomic mass is 35.5. The number of nitrogens with one attached hydrogen (secondary N) is 2. The minimum Gasteiger partial charge on any atom is -0.504 e. The summed E-state index contributed by atoms with van der Waals surface area (Å²) < 4.78 is 0. The van der Waals surface area contributed by atoms with Crippen molar-refractivity contribution in [2.75, 3.05) is 11.9 Å². The van der Waals surface area contributed by atoms with E-state index in [2.05, 4.69) is 17.2 Å². The topological polar surface area (TPSA) is 78.4 Å². The lowest BCUT2D eigenvalue weighted by atomic mass is 10.2. The zero-order valence-electron chi connectivity index (χ0n) is 10.1. The molecule has 1 aromatic rings. The Morgan fingerprint density at radius 2 is 2.11 bits per heavy atom. The molecule has 7 heteroatoms. The number of amides is 2. The number of hydrogen-bond donors (Lipinski definition) is 3. The molecular weight excluding hydrogens is 291 g/mol. The van der Waals surface area contributed by atoms with Crippen molar-refractivity contribution in [3.8, 4) is 5.75 Å². The van der Waals surface area contributed by atoms with Crippen molar-refractivity contribution in [3.05, 3.63) is 34.3 Å². The third-order valence-electron chi connectivity index (χ3n) is 2.30. The molecule has 0 radical (unpaired) electrons. The molecule has 1 rings (SSSR count). The lowest BCUT2D eigenvalue weighted by Crippen LogP contribution is -2.31. The Hall–Kier alpha value is -1.72. The van der Waals surface area contributed by atoms with Crippen LogP contribution in [0, 0.1) is 6.92 Å². The third-order valence-corrected chi connectivity index (χ3v) is 3.16. The lowest BCUT2D eigenvalue weighted by molar-refractivity contribution is -0.121. The minimum atomic E-state index is -0.526. The minimum absolute atomic E-state index is 0.0675.